The molecule has 2 aliphatic rings. The Labute approximate surface area is 75.7 Å². The molecule has 1 N–H and O–H groups in total. The highest BCUT2D eigenvalue weighted by Crippen LogP contribution is 2.30. The van der Waals surface area contributed by atoms with Gasteiger partial charge in [0.05, 0.1) is 5.92 Å². The zero-order valence-electron chi connectivity index (χ0n) is 6.62. The predicted molar refractivity (Wildman–Crippen MR) is 43.9 cm³/mol. The minimum absolute atomic E-state index is 0.0185. The fraction of sp³-hybridized carbons (Fsp3) is 0.750. The fourth-order valence-electron chi connectivity index (χ4n) is 0.641. The Hall–Kier alpha value is -0.570. The zero-order chi connectivity index (χ0) is 9.14. The molecule has 0 heterocycles. The maximum atomic E-state index is 9.97. The summed E-state index contributed by atoms with van der Waals surface area (Å²) in [6.45, 7) is 0. The van der Waals surface area contributed by atoms with Gasteiger partial charge in [0.25, 0.3) is 0 Å². The monoisotopic (exact) mass is 190 g/mol. The Bertz CT molecular complexity index is 172. The molecule has 2 aliphatic carbocycles. The number of carboxylic acids is 1. The second kappa shape index (κ2) is 3.90. The average Bonchev–Trinajstić information content (AvgIpc) is 2.85. The van der Waals surface area contributed by atoms with Crippen LogP contribution in [0.15, 0.2) is 0 Å². The molecule has 0 unspecified atom stereocenters. The second-order valence-electron chi connectivity index (χ2n) is 3.19. The van der Waals surface area contributed by atoms with E-state index in [0.29, 0.717) is 0 Å². The molecule has 0 aromatic carbocycles. The van der Waals surface area contributed by atoms with Crippen LogP contribution < -0.4 is 0 Å². The Kier molecular flexibility index (Phi) is 3.09. The number of rotatable bonds is 2. The molecular weight excluding hydrogens is 180 g/mol. The van der Waals surface area contributed by atoms with Crippen molar-refractivity contribution in [2.24, 2.45) is 11.8 Å². The van der Waals surface area contributed by atoms with Crippen LogP contribution in [0.4, 0.5) is 0 Å². The molecule has 0 aliphatic heterocycles. The van der Waals surface area contributed by atoms with Gasteiger partial charge in [-0.2, -0.15) is 0 Å². The number of hydrogen-bond donors (Lipinski definition) is 1. The molecule has 2 fully saturated rings. The number of carbonyl (C=O) groups excluding carboxylic acids is 1. The van der Waals surface area contributed by atoms with Gasteiger partial charge in [0.2, 0.25) is 5.24 Å². The van der Waals surface area contributed by atoms with Crippen LogP contribution in [0, 0.1) is 11.8 Å². The smallest absolute Gasteiger partial charge is 0.306 e. The van der Waals surface area contributed by atoms with Crippen molar-refractivity contribution in [2.45, 2.75) is 25.7 Å². The van der Waals surface area contributed by atoms with Crippen molar-refractivity contribution in [1.29, 1.82) is 0 Å². The van der Waals surface area contributed by atoms with E-state index in [1.807, 2.05) is 0 Å². The first-order chi connectivity index (χ1) is 5.61. The van der Waals surface area contributed by atoms with E-state index < -0.39 is 5.97 Å². The van der Waals surface area contributed by atoms with Crippen LogP contribution in [0.5, 0.6) is 0 Å². The van der Waals surface area contributed by atoms with Crippen molar-refractivity contribution in [2.75, 3.05) is 0 Å². The Morgan fingerprint density at radius 1 is 1.08 bits per heavy atom. The quantitative estimate of drug-likeness (QED) is 0.674. The van der Waals surface area contributed by atoms with Crippen molar-refractivity contribution < 1.29 is 14.7 Å². The van der Waals surface area contributed by atoms with Crippen LogP contribution in [0.25, 0.3) is 0 Å². The molecule has 0 aromatic rings. The summed E-state index contributed by atoms with van der Waals surface area (Å²) in [7, 11) is 0. The van der Waals surface area contributed by atoms with Gasteiger partial charge in [0, 0.05) is 5.92 Å². The highest BCUT2D eigenvalue weighted by atomic mass is 35.5. The van der Waals surface area contributed by atoms with Crippen molar-refractivity contribution in [3.8, 4) is 0 Å². The Balaban J connectivity index is 0.000000120. The first kappa shape index (κ1) is 9.52. The summed E-state index contributed by atoms with van der Waals surface area (Å²) < 4.78 is 0. The molecule has 0 spiro atoms. The summed E-state index contributed by atoms with van der Waals surface area (Å²) in [5.41, 5.74) is 0. The molecule has 4 heteroatoms. The molecule has 0 aromatic heterocycles. The third-order valence-electron chi connectivity index (χ3n) is 1.82. The van der Waals surface area contributed by atoms with Gasteiger partial charge in [-0.05, 0) is 37.3 Å². The van der Waals surface area contributed by atoms with E-state index in [9.17, 15) is 9.59 Å². The first-order valence-corrected chi connectivity index (χ1v) is 4.41. The van der Waals surface area contributed by atoms with Gasteiger partial charge in [0.1, 0.15) is 0 Å². The van der Waals surface area contributed by atoms with Crippen LogP contribution in [0.1, 0.15) is 25.7 Å². The van der Waals surface area contributed by atoms with Crippen molar-refractivity contribution >= 4 is 22.8 Å². The van der Waals surface area contributed by atoms with Gasteiger partial charge in [0.15, 0.2) is 0 Å². The summed E-state index contributed by atoms with van der Waals surface area (Å²) in [4.78, 5) is 19.7. The molecule has 0 saturated heterocycles. The van der Waals surface area contributed by atoms with Gasteiger partial charge in [-0.25, -0.2) is 0 Å². The standard InChI is InChI=1S/C4H5ClO.C4H6O2/c2*5-4(6)3-1-2-3/h3H,1-2H2;3H,1-2H2,(H,5,6). The summed E-state index contributed by atoms with van der Waals surface area (Å²) >= 11 is 5.04. The van der Waals surface area contributed by atoms with Crippen LogP contribution >= 0.6 is 11.6 Å². The minimum Gasteiger partial charge on any atom is -0.481 e. The van der Waals surface area contributed by atoms with Crippen LogP contribution in [-0.4, -0.2) is 16.3 Å². The number of carboxylic acid groups (broad SMARTS) is 1. The maximum Gasteiger partial charge on any atom is 0.306 e. The highest BCUT2D eigenvalue weighted by molar-refractivity contribution is 6.64. The van der Waals surface area contributed by atoms with E-state index >= 15 is 0 Å². The van der Waals surface area contributed by atoms with Gasteiger partial charge in [-0.15, -0.1) is 0 Å². The number of hydrogen-bond acceptors (Lipinski definition) is 2. The van der Waals surface area contributed by atoms with E-state index in [0.717, 1.165) is 25.7 Å². The molecule has 0 radical (unpaired) electrons. The van der Waals surface area contributed by atoms with Crippen molar-refractivity contribution in [3.63, 3.8) is 0 Å². The van der Waals surface area contributed by atoms with E-state index in [2.05, 4.69) is 0 Å². The van der Waals surface area contributed by atoms with Crippen molar-refractivity contribution in [3.05, 3.63) is 0 Å². The van der Waals surface area contributed by atoms with E-state index in [-0.39, 0.29) is 17.1 Å². The zero-order valence-corrected chi connectivity index (χ0v) is 7.38. The molecule has 0 bridgehead atoms. The summed E-state index contributed by atoms with van der Waals surface area (Å²) in [6.07, 6.45) is 3.83. The number of carbonyl (C=O) groups is 2. The summed E-state index contributed by atoms with van der Waals surface area (Å²) in [5.74, 6) is -0.383. The lowest BCUT2D eigenvalue weighted by Crippen LogP contribution is -1.94. The SMILES string of the molecule is O=C(Cl)C1CC1.O=C(O)C1CC1. The van der Waals surface area contributed by atoms with E-state index in [4.69, 9.17) is 16.7 Å². The van der Waals surface area contributed by atoms with Gasteiger partial charge < -0.3 is 5.11 Å². The lowest BCUT2D eigenvalue weighted by atomic mass is 10.5. The Morgan fingerprint density at radius 3 is 1.50 bits per heavy atom. The van der Waals surface area contributed by atoms with Gasteiger partial charge in [-0.3, -0.25) is 9.59 Å². The third-order valence-corrected chi connectivity index (χ3v) is 2.13. The molecule has 2 rings (SSSR count). The van der Waals surface area contributed by atoms with E-state index in [1.54, 1.807) is 0 Å². The highest BCUT2D eigenvalue weighted by Gasteiger charge is 2.28. The van der Waals surface area contributed by atoms with E-state index in [1.165, 1.54) is 0 Å². The normalized spacial score (nSPS) is 20.8. The van der Waals surface area contributed by atoms with Gasteiger partial charge in [-0.1, -0.05) is 0 Å². The molecule has 0 atom stereocenters. The molecular formula is C8H11ClO3. The Morgan fingerprint density at radius 2 is 1.50 bits per heavy atom. The first-order valence-electron chi connectivity index (χ1n) is 4.03. The molecule has 12 heavy (non-hydrogen) atoms. The lowest BCUT2D eigenvalue weighted by Gasteiger charge is -1.75. The molecule has 0 amide bonds. The maximum absolute atomic E-state index is 9.97. The lowest BCUT2D eigenvalue weighted by molar-refractivity contribution is -0.138. The number of aliphatic carboxylic acids is 1. The molecule has 3 nitrogen and oxygen atoms in total. The van der Waals surface area contributed by atoms with Crippen LogP contribution in [0.3, 0.4) is 0 Å². The molecule has 2 saturated carbocycles. The van der Waals surface area contributed by atoms with Gasteiger partial charge >= 0.3 is 5.97 Å². The van der Waals surface area contributed by atoms with Crippen molar-refractivity contribution in [1.82, 2.24) is 0 Å². The summed E-state index contributed by atoms with van der Waals surface area (Å²) in [6, 6.07) is 0. The average molecular weight is 191 g/mol. The largest absolute Gasteiger partial charge is 0.481 e. The predicted octanol–water partition coefficient (Wildman–Crippen LogP) is 1.64. The minimum atomic E-state index is -0.630. The number of halogens is 1. The second-order valence-corrected chi connectivity index (χ2v) is 3.56. The van der Waals surface area contributed by atoms with Crippen LogP contribution in [-0.2, 0) is 9.59 Å². The summed E-state index contributed by atoms with van der Waals surface area (Å²) in [5, 5.41) is 7.90. The fourth-order valence-corrected chi connectivity index (χ4v) is 0.859. The topological polar surface area (TPSA) is 54.4 Å². The third kappa shape index (κ3) is 3.72. The molecule has 68 valence electrons. The van der Waals surface area contributed by atoms with Crippen LogP contribution in [0.2, 0.25) is 0 Å².